The molecule has 1 heterocycles. The van der Waals surface area contributed by atoms with Crippen LogP contribution in [0, 0.1) is 0 Å². The Labute approximate surface area is 129 Å². The van der Waals surface area contributed by atoms with Gasteiger partial charge in [-0.3, -0.25) is 9.59 Å². The van der Waals surface area contributed by atoms with Crippen molar-refractivity contribution in [3.8, 4) is 0 Å². The Hall–Kier alpha value is -1.55. The van der Waals surface area contributed by atoms with E-state index in [1.54, 1.807) is 17.0 Å². The predicted molar refractivity (Wildman–Crippen MR) is 81.5 cm³/mol. The van der Waals surface area contributed by atoms with Crippen LogP contribution in [-0.4, -0.2) is 34.5 Å². The maximum atomic E-state index is 12.8. The molecule has 0 aromatic heterocycles. The zero-order chi connectivity index (χ0) is 15.6. The Balaban J connectivity index is 2.20. The number of aliphatic carboxylic acids is 1. The van der Waals surface area contributed by atoms with E-state index in [1.165, 1.54) is 0 Å². The minimum atomic E-state index is -0.857. The number of halogens is 1. The van der Waals surface area contributed by atoms with Crippen LogP contribution < -0.4 is 0 Å². The zero-order valence-corrected chi connectivity index (χ0v) is 13.1. The third-order valence-electron chi connectivity index (χ3n) is 4.15. The normalized spacial score (nSPS) is 18.8. The van der Waals surface area contributed by atoms with Crippen molar-refractivity contribution in [2.75, 3.05) is 6.54 Å². The lowest BCUT2D eigenvalue weighted by atomic mass is 9.83. The van der Waals surface area contributed by atoms with Gasteiger partial charge in [-0.05, 0) is 44.4 Å². The summed E-state index contributed by atoms with van der Waals surface area (Å²) in [6.45, 7) is 4.37. The maximum absolute atomic E-state index is 12.8. The number of carboxylic acid groups (broad SMARTS) is 1. The van der Waals surface area contributed by atoms with Crippen LogP contribution in [0.15, 0.2) is 24.3 Å². The van der Waals surface area contributed by atoms with Crippen molar-refractivity contribution in [2.24, 2.45) is 0 Å². The van der Waals surface area contributed by atoms with Crippen LogP contribution in [0.3, 0.4) is 0 Å². The molecular formula is C16H20ClNO3. The number of amides is 1. The second-order valence-electron chi connectivity index (χ2n) is 6.02. The molecule has 2 rings (SSSR count). The van der Waals surface area contributed by atoms with Gasteiger partial charge in [-0.25, -0.2) is 0 Å². The number of nitrogens with zero attached hydrogens (tertiary/aromatic N) is 1. The molecule has 0 spiro atoms. The minimum Gasteiger partial charge on any atom is -0.481 e. The minimum absolute atomic E-state index is 0.0163. The molecule has 5 heteroatoms. The van der Waals surface area contributed by atoms with E-state index in [-0.39, 0.29) is 18.4 Å². The van der Waals surface area contributed by atoms with Crippen LogP contribution in [0.1, 0.15) is 38.7 Å². The average Bonchev–Trinajstić information content (AvgIpc) is 2.85. The van der Waals surface area contributed by atoms with Crippen LogP contribution in [-0.2, 0) is 15.0 Å². The lowest BCUT2D eigenvalue weighted by Crippen LogP contribution is -2.46. The number of hydrogen-bond acceptors (Lipinski definition) is 2. The molecule has 1 unspecified atom stereocenters. The summed E-state index contributed by atoms with van der Waals surface area (Å²) in [7, 11) is 0. The summed E-state index contributed by atoms with van der Waals surface area (Å²) in [6.07, 6.45) is 1.64. The molecule has 0 radical (unpaired) electrons. The predicted octanol–water partition coefficient (Wildman–Crippen LogP) is 3.08. The second-order valence-corrected chi connectivity index (χ2v) is 6.46. The first-order valence-corrected chi connectivity index (χ1v) is 7.49. The van der Waals surface area contributed by atoms with E-state index in [1.807, 2.05) is 26.0 Å². The molecule has 21 heavy (non-hydrogen) atoms. The molecule has 0 saturated carbocycles. The molecule has 1 aliphatic rings. The van der Waals surface area contributed by atoms with E-state index in [0.29, 0.717) is 11.6 Å². The highest BCUT2D eigenvalue weighted by Crippen LogP contribution is 2.31. The monoisotopic (exact) mass is 309 g/mol. The Morgan fingerprint density at radius 2 is 1.95 bits per heavy atom. The Morgan fingerprint density at radius 3 is 2.52 bits per heavy atom. The van der Waals surface area contributed by atoms with E-state index in [2.05, 4.69) is 0 Å². The highest BCUT2D eigenvalue weighted by molar-refractivity contribution is 6.30. The van der Waals surface area contributed by atoms with Crippen molar-refractivity contribution in [3.63, 3.8) is 0 Å². The molecule has 1 atom stereocenters. The third kappa shape index (κ3) is 3.38. The van der Waals surface area contributed by atoms with Crippen molar-refractivity contribution in [1.82, 2.24) is 4.90 Å². The van der Waals surface area contributed by atoms with Gasteiger partial charge in [0.05, 0.1) is 11.8 Å². The molecule has 1 aliphatic heterocycles. The van der Waals surface area contributed by atoms with Gasteiger partial charge in [-0.1, -0.05) is 23.7 Å². The van der Waals surface area contributed by atoms with E-state index < -0.39 is 11.4 Å². The van der Waals surface area contributed by atoms with Gasteiger partial charge >= 0.3 is 5.97 Å². The van der Waals surface area contributed by atoms with Crippen LogP contribution in [0.2, 0.25) is 5.02 Å². The van der Waals surface area contributed by atoms with Crippen molar-refractivity contribution >= 4 is 23.5 Å². The first-order valence-electron chi connectivity index (χ1n) is 7.11. The van der Waals surface area contributed by atoms with Crippen LogP contribution in [0.25, 0.3) is 0 Å². The largest absolute Gasteiger partial charge is 0.481 e. The number of rotatable bonds is 4. The van der Waals surface area contributed by atoms with Crippen molar-refractivity contribution in [1.29, 1.82) is 0 Å². The number of carbonyl (C=O) groups excluding carboxylic acids is 1. The number of carboxylic acids is 1. The van der Waals surface area contributed by atoms with E-state index in [0.717, 1.165) is 18.4 Å². The van der Waals surface area contributed by atoms with Gasteiger partial charge in [0, 0.05) is 17.6 Å². The summed E-state index contributed by atoms with van der Waals surface area (Å²) in [5, 5.41) is 9.60. The van der Waals surface area contributed by atoms with Gasteiger partial charge in [-0.2, -0.15) is 0 Å². The lowest BCUT2D eigenvalue weighted by molar-refractivity contribution is -0.141. The molecule has 1 N–H and O–H groups in total. The summed E-state index contributed by atoms with van der Waals surface area (Å²) in [5.41, 5.74) is 0.198. The number of likely N-dealkylation sites (tertiary alicyclic amines) is 1. The van der Waals surface area contributed by atoms with Gasteiger partial charge in [0.25, 0.3) is 0 Å². The van der Waals surface area contributed by atoms with E-state index in [9.17, 15) is 9.59 Å². The molecule has 1 saturated heterocycles. The smallest absolute Gasteiger partial charge is 0.305 e. The third-order valence-corrected chi connectivity index (χ3v) is 4.40. The summed E-state index contributed by atoms with van der Waals surface area (Å²) >= 11 is 5.89. The first kappa shape index (κ1) is 15.8. The van der Waals surface area contributed by atoms with Crippen LogP contribution >= 0.6 is 11.6 Å². The Morgan fingerprint density at radius 1 is 1.33 bits per heavy atom. The molecule has 1 fully saturated rings. The molecule has 114 valence electrons. The van der Waals surface area contributed by atoms with Gasteiger partial charge in [0.2, 0.25) is 5.91 Å². The molecule has 0 bridgehead atoms. The Bertz CT molecular complexity index is 539. The average molecular weight is 310 g/mol. The standard InChI is InChI=1S/C16H20ClNO3/c1-16(2,11-5-7-12(17)8-6-11)15(21)18-9-3-4-13(18)10-14(19)20/h5-8,13H,3-4,9-10H2,1-2H3,(H,19,20). The molecule has 1 aromatic rings. The number of hydrogen-bond donors (Lipinski definition) is 1. The van der Waals surface area contributed by atoms with E-state index >= 15 is 0 Å². The first-order chi connectivity index (χ1) is 9.82. The number of carbonyl (C=O) groups is 2. The van der Waals surface area contributed by atoms with Crippen molar-refractivity contribution < 1.29 is 14.7 Å². The van der Waals surface area contributed by atoms with Gasteiger partial charge in [0.15, 0.2) is 0 Å². The van der Waals surface area contributed by atoms with Gasteiger partial charge in [-0.15, -0.1) is 0 Å². The van der Waals surface area contributed by atoms with Crippen LogP contribution in [0.5, 0.6) is 0 Å². The van der Waals surface area contributed by atoms with Crippen LogP contribution in [0.4, 0.5) is 0 Å². The highest BCUT2D eigenvalue weighted by Gasteiger charge is 2.39. The van der Waals surface area contributed by atoms with Crippen molar-refractivity contribution in [3.05, 3.63) is 34.9 Å². The topological polar surface area (TPSA) is 57.6 Å². The second kappa shape index (κ2) is 6.06. The lowest BCUT2D eigenvalue weighted by Gasteiger charge is -2.33. The van der Waals surface area contributed by atoms with Gasteiger partial charge < -0.3 is 10.0 Å². The SMILES string of the molecule is CC(C)(C(=O)N1CCCC1CC(=O)O)c1ccc(Cl)cc1. The Kier molecular flexibility index (Phi) is 4.57. The number of benzene rings is 1. The summed E-state index contributed by atoms with van der Waals surface area (Å²) < 4.78 is 0. The molecular weight excluding hydrogens is 290 g/mol. The van der Waals surface area contributed by atoms with Gasteiger partial charge in [0.1, 0.15) is 0 Å². The zero-order valence-electron chi connectivity index (χ0n) is 12.3. The maximum Gasteiger partial charge on any atom is 0.305 e. The summed E-state index contributed by atoms with van der Waals surface area (Å²) in [5.74, 6) is -0.877. The fraction of sp³-hybridized carbons (Fsp3) is 0.500. The molecule has 1 amide bonds. The molecule has 1 aromatic carbocycles. The summed E-state index contributed by atoms with van der Waals surface area (Å²) in [4.78, 5) is 25.5. The quantitative estimate of drug-likeness (QED) is 0.930. The fourth-order valence-electron chi connectivity index (χ4n) is 2.87. The molecule has 0 aliphatic carbocycles. The molecule has 4 nitrogen and oxygen atoms in total. The summed E-state index contributed by atoms with van der Waals surface area (Å²) in [6, 6.07) is 7.04. The fourth-order valence-corrected chi connectivity index (χ4v) is 2.99. The highest BCUT2D eigenvalue weighted by atomic mass is 35.5. The van der Waals surface area contributed by atoms with E-state index in [4.69, 9.17) is 16.7 Å². The van der Waals surface area contributed by atoms with Crippen molar-refractivity contribution in [2.45, 2.75) is 44.6 Å².